The molecular formula is C33H35N3O. The van der Waals surface area contributed by atoms with Crippen molar-refractivity contribution >= 4 is 0 Å². The number of benzene rings is 3. The zero-order chi connectivity index (χ0) is 26.6. The molecule has 0 spiro atoms. The molecule has 4 aromatic rings. The normalized spacial score (nSPS) is 11.4. The molecule has 0 radical (unpaired) electrons. The van der Waals surface area contributed by atoms with Gasteiger partial charge in [0.15, 0.2) is 0 Å². The van der Waals surface area contributed by atoms with Crippen molar-refractivity contribution in [2.75, 3.05) is 0 Å². The lowest BCUT2D eigenvalue weighted by Gasteiger charge is -2.21. The monoisotopic (exact) mass is 489 g/mol. The standard InChI is InChI=1S/C33H35N3O/c1-6-7-15-31-30(20-24-16-18-25(19-17-24)29-14-9-8-11-26(29)22-34)32(37)36(23(2)35-31)28-13-10-12-27(21-28)33(3,4)5/h8-14,16-19,21H,6-7,15,20H2,1-5H3. The van der Waals surface area contributed by atoms with Crippen LogP contribution in [0.3, 0.4) is 0 Å². The molecule has 0 bridgehead atoms. The second-order valence-corrected chi connectivity index (χ2v) is 10.7. The van der Waals surface area contributed by atoms with Crippen LogP contribution < -0.4 is 5.56 Å². The second-order valence-electron chi connectivity index (χ2n) is 10.7. The van der Waals surface area contributed by atoms with Gasteiger partial charge in [-0.05, 0) is 65.6 Å². The lowest BCUT2D eigenvalue weighted by molar-refractivity contribution is 0.589. The van der Waals surface area contributed by atoms with Crippen molar-refractivity contribution in [3.05, 3.63) is 117 Å². The molecule has 0 unspecified atom stereocenters. The molecule has 0 atom stereocenters. The molecule has 0 saturated heterocycles. The molecule has 0 aliphatic heterocycles. The Morgan fingerprint density at radius 2 is 1.70 bits per heavy atom. The van der Waals surface area contributed by atoms with E-state index in [1.807, 2.05) is 55.5 Å². The predicted octanol–water partition coefficient (Wildman–Crippen LogP) is 7.31. The van der Waals surface area contributed by atoms with Crippen molar-refractivity contribution in [1.29, 1.82) is 5.26 Å². The van der Waals surface area contributed by atoms with Crippen molar-refractivity contribution in [1.82, 2.24) is 9.55 Å². The maximum absolute atomic E-state index is 14.0. The number of hydrogen-bond donors (Lipinski definition) is 0. The predicted molar refractivity (Wildman–Crippen MR) is 151 cm³/mol. The third-order valence-electron chi connectivity index (χ3n) is 6.86. The van der Waals surface area contributed by atoms with Crippen LogP contribution >= 0.6 is 0 Å². The average Bonchev–Trinajstić information content (AvgIpc) is 2.89. The Balaban J connectivity index is 1.77. The minimum atomic E-state index is -0.0171. The molecule has 37 heavy (non-hydrogen) atoms. The van der Waals surface area contributed by atoms with Crippen molar-refractivity contribution in [2.45, 2.75) is 65.7 Å². The second kappa shape index (κ2) is 11.0. The number of unbranched alkanes of at least 4 members (excludes halogenated alkanes) is 1. The molecule has 4 rings (SSSR count). The molecule has 0 aliphatic carbocycles. The fourth-order valence-electron chi connectivity index (χ4n) is 4.70. The van der Waals surface area contributed by atoms with Crippen LogP contribution in [-0.2, 0) is 18.3 Å². The van der Waals surface area contributed by atoms with Gasteiger partial charge in [-0.3, -0.25) is 9.36 Å². The van der Waals surface area contributed by atoms with Crippen LogP contribution in [0.15, 0.2) is 77.6 Å². The molecule has 188 valence electrons. The number of nitriles is 1. The third-order valence-corrected chi connectivity index (χ3v) is 6.86. The van der Waals surface area contributed by atoms with Gasteiger partial charge in [0.2, 0.25) is 0 Å². The van der Waals surface area contributed by atoms with Crippen molar-refractivity contribution in [3.8, 4) is 22.9 Å². The van der Waals surface area contributed by atoms with E-state index in [4.69, 9.17) is 4.98 Å². The Morgan fingerprint density at radius 3 is 2.38 bits per heavy atom. The van der Waals surface area contributed by atoms with Gasteiger partial charge >= 0.3 is 0 Å². The molecule has 1 aromatic heterocycles. The summed E-state index contributed by atoms with van der Waals surface area (Å²) in [4.78, 5) is 18.9. The topological polar surface area (TPSA) is 58.7 Å². The fraction of sp³-hybridized carbons (Fsp3) is 0.303. The van der Waals surface area contributed by atoms with Crippen LogP contribution in [0.1, 0.15) is 74.3 Å². The number of nitrogens with zero attached hydrogens (tertiary/aromatic N) is 3. The first-order valence-electron chi connectivity index (χ1n) is 13.0. The number of aryl methyl sites for hydroxylation is 2. The molecule has 0 N–H and O–H groups in total. The van der Waals surface area contributed by atoms with Crippen LogP contribution in [0, 0.1) is 18.3 Å². The number of hydrogen-bond acceptors (Lipinski definition) is 3. The van der Waals surface area contributed by atoms with E-state index in [1.165, 1.54) is 5.56 Å². The highest BCUT2D eigenvalue weighted by Gasteiger charge is 2.19. The van der Waals surface area contributed by atoms with Gasteiger partial charge in [-0.2, -0.15) is 5.26 Å². The highest BCUT2D eigenvalue weighted by Crippen LogP contribution is 2.26. The first-order chi connectivity index (χ1) is 17.7. The van der Waals surface area contributed by atoms with E-state index in [9.17, 15) is 10.1 Å². The Morgan fingerprint density at radius 1 is 0.973 bits per heavy atom. The minimum absolute atomic E-state index is 0.00330. The first kappa shape index (κ1) is 26.1. The van der Waals surface area contributed by atoms with Crippen LogP contribution in [0.2, 0.25) is 0 Å². The van der Waals surface area contributed by atoms with Crippen LogP contribution in [0.25, 0.3) is 16.8 Å². The zero-order valence-electron chi connectivity index (χ0n) is 22.5. The van der Waals surface area contributed by atoms with E-state index in [-0.39, 0.29) is 11.0 Å². The maximum Gasteiger partial charge on any atom is 0.261 e. The summed E-state index contributed by atoms with van der Waals surface area (Å²) in [5.41, 5.74) is 7.28. The first-order valence-corrected chi connectivity index (χ1v) is 13.0. The molecule has 0 fully saturated rings. The molecule has 0 amide bonds. The van der Waals surface area contributed by atoms with Crippen LogP contribution in [0.5, 0.6) is 0 Å². The maximum atomic E-state index is 14.0. The molecule has 4 nitrogen and oxygen atoms in total. The molecular weight excluding hydrogens is 454 g/mol. The van der Waals surface area contributed by atoms with Crippen molar-refractivity contribution < 1.29 is 0 Å². The quantitative estimate of drug-likeness (QED) is 0.273. The van der Waals surface area contributed by atoms with E-state index < -0.39 is 0 Å². The molecule has 1 heterocycles. The van der Waals surface area contributed by atoms with E-state index in [1.54, 1.807) is 4.57 Å². The summed E-state index contributed by atoms with van der Waals surface area (Å²) < 4.78 is 1.76. The fourth-order valence-corrected chi connectivity index (χ4v) is 4.70. The Bertz CT molecular complexity index is 1500. The summed E-state index contributed by atoms with van der Waals surface area (Å²) >= 11 is 0. The Labute approximate surface area is 220 Å². The van der Waals surface area contributed by atoms with Crippen molar-refractivity contribution in [2.24, 2.45) is 0 Å². The van der Waals surface area contributed by atoms with Gasteiger partial charge in [0.25, 0.3) is 5.56 Å². The van der Waals surface area contributed by atoms with E-state index in [2.05, 4.69) is 58.0 Å². The SMILES string of the molecule is CCCCc1nc(C)n(-c2cccc(C(C)(C)C)c2)c(=O)c1Cc1ccc(-c2ccccc2C#N)cc1. The van der Waals surface area contributed by atoms with Crippen LogP contribution in [0.4, 0.5) is 0 Å². The summed E-state index contributed by atoms with van der Waals surface area (Å²) in [6.07, 6.45) is 3.35. The Kier molecular flexibility index (Phi) is 7.74. The van der Waals surface area contributed by atoms with Gasteiger partial charge in [-0.25, -0.2) is 4.98 Å². The van der Waals surface area contributed by atoms with E-state index in [0.717, 1.165) is 58.7 Å². The number of aromatic nitrogens is 2. The van der Waals surface area contributed by atoms with E-state index in [0.29, 0.717) is 12.0 Å². The largest absolute Gasteiger partial charge is 0.269 e. The summed E-state index contributed by atoms with van der Waals surface area (Å²) in [5, 5.41) is 9.47. The van der Waals surface area contributed by atoms with Gasteiger partial charge in [0, 0.05) is 12.0 Å². The zero-order valence-corrected chi connectivity index (χ0v) is 22.5. The molecule has 0 aliphatic rings. The average molecular weight is 490 g/mol. The Hall–Kier alpha value is -3.97. The van der Waals surface area contributed by atoms with Gasteiger partial charge < -0.3 is 0 Å². The van der Waals surface area contributed by atoms with Gasteiger partial charge in [-0.1, -0.05) is 88.7 Å². The molecule has 3 aromatic carbocycles. The smallest absolute Gasteiger partial charge is 0.261 e. The number of rotatable bonds is 7. The summed E-state index contributed by atoms with van der Waals surface area (Å²) in [6, 6.07) is 26.3. The van der Waals surface area contributed by atoms with Gasteiger partial charge in [0.1, 0.15) is 5.82 Å². The van der Waals surface area contributed by atoms with Crippen molar-refractivity contribution in [3.63, 3.8) is 0 Å². The third kappa shape index (κ3) is 5.73. The summed E-state index contributed by atoms with van der Waals surface area (Å²) in [5.74, 6) is 0.717. The lowest BCUT2D eigenvalue weighted by atomic mass is 9.87. The van der Waals surface area contributed by atoms with Gasteiger partial charge in [-0.15, -0.1) is 0 Å². The molecule has 0 saturated carbocycles. The molecule has 4 heteroatoms. The lowest BCUT2D eigenvalue weighted by Crippen LogP contribution is -2.28. The highest BCUT2D eigenvalue weighted by molar-refractivity contribution is 5.70. The van der Waals surface area contributed by atoms with Gasteiger partial charge in [0.05, 0.1) is 23.0 Å². The summed E-state index contributed by atoms with van der Waals surface area (Å²) in [6.45, 7) is 10.6. The summed E-state index contributed by atoms with van der Waals surface area (Å²) in [7, 11) is 0. The van der Waals surface area contributed by atoms with Crippen LogP contribution in [-0.4, -0.2) is 9.55 Å². The van der Waals surface area contributed by atoms with E-state index >= 15 is 0 Å². The minimum Gasteiger partial charge on any atom is -0.269 e. The highest BCUT2D eigenvalue weighted by atomic mass is 16.1.